The van der Waals surface area contributed by atoms with Crippen LogP contribution in [0.4, 0.5) is 0 Å². The topological polar surface area (TPSA) is 26.0 Å². The number of hydrogen-bond donors (Lipinski definition) is 1. The molecule has 0 aliphatic heterocycles. The van der Waals surface area contributed by atoms with Gasteiger partial charge in [0.15, 0.2) is 0 Å². The van der Waals surface area contributed by atoms with Crippen molar-refractivity contribution in [2.45, 2.75) is 25.7 Å². The van der Waals surface area contributed by atoms with Gasteiger partial charge in [-0.3, -0.25) is 0 Å². The number of allylic oxidation sites excluding steroid dienone is 2. The van der Waals surface area contributed by atoms with Crippen LogP contribution in [0.1, 0.15) is 25.7 Å². The lowest BCUT2D eigenvalue weighted by atomic mass is 9.98. The molecule has 1 heteroatoms. The normalized spacial score (nSPS) is 10.0. The maximum absolute atomic E-state index is 5.59. The third kappa shape index (κ3) is 5.86. The van der Waals surface area contributed by atoms with E-state index >= 15 is 0 Å². The van der Waals surface area contributed by atoms with Crippen molar-refractivity contribution >= 4 is 0 Å². The summed E-state index contributed by atoms with van der Waals surface area (Å²) in [5.74, 6) is 0.658. The molecule has 11 heavy (non-hydrogen) atoms. The maximum Gasteiger partial charge on any atom is -0.00486 e. The molecular formula is C10H19N. The maximum atomic E-state index is 5.59. The first-order chi connectivity index (χ1) is 5.35. The second-order valence-corrected chi connectivity index (χ2v) is 2.83. The summed E-state index contributed by atoms with van der Waals surface area (Å²) >= 11 is 0. The standard InChI is InChI=1S/C10H19N/c1-3-5-7-10(9-11)8-6-4-2/h3-4,10H,1-2,5-9,11H2. The summed E-state index contributed by atoms with van der Waals surface area (Å²) in [7, 11) is 0. The highest BCUT2D eigenvalue weighted by atomic mass is 14.5. The Morgan fingerprint density at radius 3 is 1.82 bits per heavy atom. The van der Waals surface area contributed by atoms with Gasteiger partial charge >= 0.3 is 0 Å². The molecule has 0 spiro atoms. The molecule has 0 aromatic heterocycles. The summed E-state index contributed by atoms with van der Waals surface area (Å²) in [4.78, 5) is 0. The summed E-state index contributed by atoms with van der Waals surface area (Å²) in [5, 5.41) is 0. The van der Waals surface area contributed by atoms with Gasteiger partial charge in [0.1, 0.15) is 0 Å². The number of nitrogens with two attached hydrogens (primary N) is 1. The zero-order chi connectivity index (χ0) is 8.53. The van der Waals surface area contributed by atoms with Gasteiger partial charge in [0, 0.05) is 0 Å². The average Bonchev–Trinajstić information content (AvgIpc) is 2.05. The van der Waals surface area contributed by atoms with E-state index in [-0.39, 0.29) is 0 Å². The monoisotopic (exact) mass is 153 g/mol. The van der Waals surface area contributed by atoms with Crippen molar-refractivity contribution in [3.8, 4) is 0 Å². The minimum absolute atomic E-state index is 0.658. The minimum Gasteiger partial charge on any atom is -0.330 e. The Hall–Kier alpha value is -0.560. The summed E-state index contributed by atoms with van der Waals surface area (Å²) in [6.45, 7) is 8.17. The molecular weight excluding hydrogens is 134 g/mol. The van der Waals surface area contributed by atoms with E-state index in [1.165, 1.54) is 12.8 Å². The van der Waals surface area contributed by atoms with Gasteiger partial charge in [-0.15, -0.1) is 13.2 Å². The summed E-state index contributed by atoms with van der Waals surface area (Å²) in [5.41, 5.74) is 5.59. The first kappa shape index (κ1) is 10.4. The Labute approximate surface area is 70.0 Å². The molecule has 0 bridgehead atoms. The molecule has 0 aromatic rings. The van der Waals surface area contributed by atoms with Crippen molar-refractivity contribution in [3.05, 3.63) is 25.3 Å². The van der Waals surface area contributed by atoms with Gasteiger partial charge in [0.25, 0.3) is 0 Å². The van der Waals surface area contributed by atoms with E-state index in [2.05, 4.69) is 13.2 Å². The third-order valence-corrected chi connectivity index (χ3v) is 1.89. The van der Waals surface area contributed by atoms with Crippen molar-refractivity contribution < 1.29 is 0 Å². The van der Waals surface area contributed by atoms with Crippen molar-refractivity contribution in [1.29, 1.82) is 0 Å². The Morgan fingerprint density at radius 1 is 1.09 bits per heavy atom. The molecule has 0 aliphatic carbocycles. The SMILES string of the molecule is C=CCCC(CN)CCC=C. The van der Waals surface area contributed by atoms with Crippen molar-refractivity contribution in [1.82, 2.24) is 0 Å². The fourth-order valence-electron chi connectivity index (χ4n) is 1.09. The quantitative estimate of drug-likeness (QED) is 0.559. The van der Waals surface area contributed by atoms with Gasteiger partial charge in [-0.2, -0.15) is 0 Å². The lowest BCUT2D eigenvalue weighted by Gasteiger charge is -2.11. The molecule has 1 nitrogen and oxygen atoms in total. The highest BCUT2D eigenvalue weighted by molar-refractivity contribution is 4.74. The Balaban J connectivity index is 3.39. The second kappa shape index (κ2) is 7.55. The molecule has 0 saturated heterocycles. The van der Waals surface area contributed by atoms with Crippen LogP contribution in [-0.4, -0.2) is 6.54 Å². The van der Waals surface area contributed by atoms with Gasteiger partial charge in [-0.05, 0) is 38.1 Å². The Kier molecular flexibility index (Phi) is 7.16. The van der Waals surface area contributed by atoms with Crippen LogP contribution in [0.25, 0.3) is 0 Å². The largest absolute Gasteiger partial charge is 0.330 e. The van der Waals surface area contributed by atoms with Gasteiger partial charge in [-0.25, -0.2) is 0 Å². The van der Waals surface area contributed by atoms with Gasteiger partial charge in [-0.1, -0.05) is 12.2 Å². The molecule has 0 saturated carbocycles. The Bertz CT molecular complexity index is 95.4. The predicted octanol–water partition coefficient (Wildman–Crippen LogP) is 2.49. The van der Waals surface area contributed by atoms with Crippen LogP contribution >= 0.6 is 0 Å². The van der Waals surface area contributed by atoms with Crippen molar-refractivity contribution in [3.63, 3.8) is 0 Å². The van der Waals surface area contributed by atoms with Crippen LogP contribution in [0.15, 0.2) is 25.3 Å². The van der Waals surface area contributed by atoms with Crippen LogP contribution in [0.2, 0.25) is 0 Å². The molecule has 0 rings (SSSR count). The summed E-state index contributed by atoms with van der Waals surface area (Å²) < 4.78 is 0. The first-order valence-corrected chi connectivity index (χ1v) is 4.27. The highest BCUT2D eigenvalue weighted by Gasteiger charge is 2.02. The highest BCUT2D eigenvalue weighted by Crippen LogP contribution is 2.12. The summed E-state index contributed by atoms with van der Waals surface area (Å²) in [6.07, 6.45) is 8.42. The zero-order valence-electron chi connectivity index (χ0n) is 7.26. The van der Waals surface area contributed by atoms with E-state index in [4.69, 9.17) is 5.73 Å². The summed E-state index contributed by atoms with van der Waals surface area (Å²) in [6, 6.07) is 0. The van der Waals surface area contributed by atoms with E-state index in [0.717, 1.165) is 19.4 Å². The zero-order valence-corrected chi connectivity index (χ0v) is 7.26. The van der Waals surface area contributed by atoms with E-state index in [1.807, 2.05) is 12.2 Å². The smallest absolute Gasteiger partial charge is 0.00486 e. The number of hydrogen-bond acceptors (Lipinski definition) is 1. The molecule has 0 aliphatic rings. The van der Waals surface area contributed by atoms with E-state index in [9.17, 15) is 0 Å². The predicted molar refractivity (Wildman–Crippen MR) is 51.4 cm³/mol. The lowest BCUT2D eigenvalue weighted by molar-refractivity contribution is 0.469. The lowest BCUT2D eigenvalue weighted by Crippen LogP contribution is -2.13. The van der Waals surface area contributed by atoms with Crippen molar-refractivity contribution in [2.24, 2.45) is 11.7 Å². The molecule has 0 aromatic carbocycles. The van der Waals surface area contributed by atoms with Crippen molar-refractivity contribution in [2.75, 3.05) is 6.54 Å². The molecule has 0 heterocycles. The first-order valence-electron chi connectivity index (χ1n) is 4.27. The second-order valence-electron chi connectivity index (χ2n) is 2.83. The molecule has 2 N–H and O–H groups in total. The average molecular weight is 153 g/mol. The van der Waals surface area contributed by atoms with E-state index < -0.39 is 0 Å². The van der Waals surface area contributed by atoms with Gasteiger partial charge in [0.2, 0.25) is 0 Å². The molecule has 64 valence electrons. The molecule has 0 unspecified atom stereocenters. The van der Waals surface area contributed by atoms with Crippen LogP contribution < -0.4 is 5.73 Å². The Morgan fingerprint density at radius 2 is 1.55 bits per heavy atom. The van der Waals surface area contributed by atoms with E-state index in [0.29, 0.717) is 5.92 Å². The van der Waals surface area contributed by atoms with Crippen LogP contribution in [0.5, 0.6) is 0 Å². The van der Waals surface area contributed by atoms with Crippen LogP contribution in [-0.2, 0) is 0 Å². The fourth-order valence-corrected chi connectivity index (χ4v) is 1.09. The molecule has 0 atom stereocenters. The number of rotatable bonds is 7. The van der Waals surface area contributed by atoms with Gasteiger partial charge < -0.3 is 5.73 Å². The van der Waals surface area contributed by atoms with Gasteiger partial charge in [0.05, 0.1) is 0 Å². The minimum atomic E-state index is 0.658. The van der Waals surface area contributed by atoms with E-state index in [1.54, 1.807) is 0 Å². The fraction of sp³-hybridized carbons (Fsp3) is 0.600. The molecule has 0 fully saturated rings. The third-order valence-electron chi connectivity index (χ3n) is 1.89. The van der Waals surface area contributed by atoms with Crippen LogP contribution in [0.3, 0.4) is 0 Å². The molecule has 0 amide bonds. The van der Waals surface area contributed by atoms with Crippen LogP contribution in [0, 0.1) is 5.92 Å². The molecule has 0 radical (unpaired) electrons.